The average Bonchev–Trinajstić information content (AvgIpc) is 3.08. The largest absolute Gasteiger partial charge is 0.506 e. The average molecular weight is 494 g/mol. The van der Waals surface area contributed by atoms with Gasteiger partial charge in [-0.3, -0.25) is 14.4 Å². The third kappa shape index (κ3) is 4.62. The molecule has 1 aliphatic rings. The molecular formula is C25H20ClN3O6. The van der Waals surface area contributed by atoms with E-state index in [0.29, 0.717) is 17.0 Å². The van der Waals surface area contributed by atoms with E-state index in [2.05, 4.69) is 10.6 Å². The third-order valence-corrected chi connectivity index (χ3v) is 5.57. The molecular weight excluding hydrogens is 474 g/mol. The van der Waals surface area contributed by atoms with Crippen molar-refractivity contribution in [3.8, 4) is 17.2 Å². The van der Waals surface area contributed by atoms with Crippen molar-refractivity contribution in [2.75, 3.05) is 29.8 Å². The van der Waals surface area contributed by atoms with Crippen molar-refractivity contribution in [1.29, 1.82) is 0 Å². The van der Waals surface area contributed by atoms with E-state index in [1.807, 2.05) is 0 Å². The topological polar surface area (TPSA) is 117 Å². The van der Waals surface area contributed by atoms with Crippen LogP contribution in [0.15, 0.2) is 77.5 Å². The number of methoxy groups -OCH3 is 2. The smallest absolute Gasteiger partial charge is 0.283 e. The molecule has 9 nitrogen and oxygen atoms in total. The molecule has 1 heterocycles. The second kappa shape index (κ2) is 9.78. The maximum atomic E-state index is 13.1. The Morgan fingerprint density at radius 1 is 0.943 bits per heavy atom. The Bertz CT molecular complexity index is 1350. The van der Waals surface area contributed by atoms with E-state index in [1.54, 1.807) is 42.5 Å². The first-order chi connectivity index (χ1) is 16.8. The van der Waals surface area contributed by atoms with Crippen molar-refractivity contribution in [2.24, 2.45) is 0 Å². The van der Waals surface area contributed by atoms with E-state index in [-0.39, 0.29) is 33.6 Å². The molecule has 0 unspecified atom stereocenters. The number of rotatable bonds is 7. The molecule has 0 spiro atoms. The summed E-state index contributed by atoms with van der Waals surface area (Å²) < 4.78 is 10.5. The minimum Gasteiger partial charge on any atom is -0.506 e. The standard InChI is InChI=1S/C25H20ClN3O6/c1-34-16-11-12-18(20(13-16)35-2)29-24(32)21(26)22(25(29)33)27-15-9-7-14(8-10-15)23(31)28-17-5-3-4-6-19(17)30/h3-13,27,30H,1-2H3,(H,28,31). The van der Waals surface area contributed by atoms with Gasteiger partial charge in [0.05, 0.1) is 25.6 Å². The van der Waals surface area contributed by atoms with Gasteiger partial charge in [-0.2, -0.15) is 0 Å². The first-order valence-corrected chi connectivity index (χ1v) is 10.7. The zero-order valence-electron chi connectivity index (χ0n) is 18.7. The van der Waals surface area contributed by atoms with E-state index in [0.717, 1.165) is 4.90 Å². The van der Waals surface area contributed by atoms with Gasteiger partial charge >= 0.3 is 0 Å². The number of hydrogen-bond donors (Lipinski definition) is 3. The first kappa shape index (κ1) is 23.7. The maximum absolute atomic E-state index is 13.1. The minimum absolute atomic E-state index is 0.0526. The van der Waals surface area contributed by atoms with E-state index in [9.17, 15) is 19.5 Å². The molecule has 0 saturated carbocycles. The zero-order chi connectivity index (χ0) is 25.1. The highest BCUT2D eigenvalue weighted by atomic mass is 35.5. The minimum atomic E-state index is -0.707. The van der Waals surface area contributed by atoms with Gasteiger partial charge in [0.15, 0.2) is 0 Å². The highest BCUT2D eigenvalue weighted by molar-refractivity contribution is 6.53. The Balaban J connectivity index is 1.51. The lowest BCUT2D eigenvalue weighted by atomic mass is 10.1. The Labute approximate surface area is 205 Å². The molecule has 0 radical (unpaired) electrons. The number of amides is 3. The molecule has 1 aliphatic heterocycles. The normalized spacial score (nSPS) is 13.2. The van der Waals surface area contributed by atoms with Crippen molar-refractivity contribution in [2.45, 2.75) is 0 Å². The van der Waals surface area contributed by atoms with Crippen LogP contribution in [0.2, 0.25) is 0 Å². The summed E-state index contributed by atoms with van der Waals surface area (Å²) in [4.78, 5) is 39.3. The fourth-order valence-electron chi connectivity index (χ4n) is 3.42. The summed E-state index contributed by atoms with van der Waals surface area (Å²) in [5, 5.41) is 15.0. The van der Waals surface area contributed by atoms with Gasteiger partial charge in [0.1, 0.15) is 28.0 Å². The van der Waals surface area contributed by atoms with Crippen LogP contribution in [-0.4, -0.2) is 37.0 Å². The van der Waals surface area contributed by atoms with Gasteiger partial charge < -0.3 is 25.2 Å². The fourth-order valence-corrected chi connectivity index (χ4v) is 3.64. The number of carbonyl (C=O) groups excluding carboxylic acids is 3. The van der Waals surface area contributed by atoms with Crippen molar-refractivity contribution < 1.29 is 29.0 Å². The molecule has 10 heteroatoms. The van der Waals surface area contributed by atoms with Crippen molar-refractivity contribution in [3.63, 3.8) is 0 Å². The molecule has 0 atom stereocenters. The molecule has 0 aliphatic carbocycles. The number of para-hydroxylation sites is 2. The molecule has 35 heavy (non-hydrogen) atoms. The zero-order valence-corrected chi connectivity index (χ0v) is 19.4. The third-order valence-electron chi connectivity index (χ3n) is 5.22. The number of benzene rings is 3. The number of halogens is 1. The van der Waals surface area contributed by atoms with Gasteiger partial charge in [-0.05, 0) is 48.5 Å². The molecule has 178 valence electrons. The monoisotopic (exact) mass is 493 g/mol. The summed E-state index contributed by atoms with van der Waals surface area (Å²) in [6.45, 7) is 0. The van der Waals surface area contributed by atoms with Crippen LogP contribution in [0.1, 0.15) is 10.4 Å². The summed E-state index contributed by atoms with van der Waals surface area (Å²) >= 11 is 6.21. The van der Waals surface area contributed by atoms with Gasteiger partial charge in [0.2, 0.25) is 0 Å². The van der Waals surface area contributed by atoms with E-state index < -0.39 is 17.7 Å². The molecule has 0 saturated heterocycles. The van der Waals surface area contributed by atoms with Gasteiger partial charge in [-0.25, -0.2) is 4.90 Å². The van der Waals surface area contributed by atoms with Crippen molar-refractivity contribution in [3.05, 3.63) is 83.0 Å². The molecule has 0 fully saturated rings. The number of anilines is 3. The molecule has 4 rings (SSSR count). The van der Waals surface area contributed by atoms with Crippen LogP contribution in [0.5, 0.6) is 17.2 Å². The van der Waals surface area contributed by atoms with Crippen LogP contribution < -0.4 is 25.0 Å². The van der Waals surface area contributed by atoms with Crippen LogP contribution >= 0.6 is 11.6 Å². The summed E-state index contributed by atoms with van der Waals surface area (Å²) in [7, 11) is 2.90. The Morgan fingerprint density at radius 3 is 2.31 bits per heavy atom. The molecule has 3 amide bonds. The molecule has 3 aromatic rings. The van der Waals surface area contributed by atoms with Gasteiger partial charge in [0.25, 0.3) is 17.7 Å². The van der Waals surface area contributed by atoms with Crippen LogP contribution in [-0.2, 0) is 9.59 Å². The van der Waals surface area contributed by atoms with E-state index in [1.165, 1.54) is 38.5 Å². The van der Waals surface area contributed by atoms with Crippen LogP contribution in [0, 0.1) is 0 Å². The number of ether oxygens (including phenoxy) is 2. The predicted octanol–water partition coefficient (Wildman–Crippen LogP) is 4.10. The number of imide groups is 1. The summed E-state index contributed by atoms with van der Waals surface area (Å²) in [5.41, 5.74) is 1.13. The Morgan fingerprint density at radius 2 is 1.66 bits per heavy atom. The number of phenolic OH excluding ortho intramolecular Hbond substituents is 1. The molecule has 3 aromatic carbocycles. The highest BCUT2D eigenvalue weighted by Gasteiger charge is 2.40. The molecule has 3 N–H and O–H groups in total. The number of carbonyl (C=O) groups is 3. The summed E-state index contributed by atoms with van der Waals surface area (Å²) in [5.74, 6) is -1.10. The lowest BCUT2D eigenvalue weighted by Crippen LogP contribution is -2.32. The quantitative estimate of drug-likeness (QED) is 0.335. The summed E-state index contributed by atoms with van der Waals surface area (Å²) in [6.07, 6.45) is 0. The van der Waals surface area contributed by atoms with Crippen LogP contribution in [0.3, 0.4) is 0 Å². The van der Waals surface area contributed by atoms with Crippen LogP contribution in [0.4, 0.5) is 17.1 Å². The van der Waals surface area contributed by atoms with Crippen molar-refractivity contribution in [1.82, 2.24) is 0 Å². The van der Waals surface area contributed by atoms with Gasteiger partial charge in [0, 0.05) is 17.3 Å². The number of aromatic hydroxyl groups is 1. The van der Waals surface area contributed by atoms with E-state index in [4.69, 9.17) is 21.1 Å². The Hall–Kier alpha value is -4.50. The lowest BCUT2D eigenvalue weighted by molar-refractivity contribution is -0.120. The fraction of sp³-hybridized carbons (Fsp3) is 0.0800. The number of hydrogen-bond acceptors (Lipinski definition) is 7. The van der Waals surface area contributed by atoms with E-state index >= 15 is 0 Å². The second-order valence-corrected chi connectivity index (χ2v) is 7.72. The Kier molecular flexibility index (Phi) is 6.61. The second-order valence-electron chi connectivity index (χ2n) is 7.35. The molecule has 0 bridgehead atoms. The summed E-state index contributed by atoms with van der Waals surface area (Å²) in [6, 6.07) is 17.2. The van der Waals surface area contributed by atoms with Crippen LogP contribution in [0.25, 0.3) is 0 Å². The number of nitrogens with zero attached hydrogens (tertiary/aromatic N) is 1. The van der Waals surface area contributed by atoms with Gasteiger partial charge in [-0.15, -0.1) is 0 Å². The predicted molar refractivity (Wildman–Crippen MR) is 131 cm³/mol. The lowest BCUT2D eigenvalue weighted by Gasteiger charge is -2.18. The number of nitrogens with one attached hydrogen (secondary N) is 2. The SMILES string of the molecule is COc1ccc(N2C(=O)C(Cl)=C(Nc3ccc(C(=O)Nc4ccccc4O)cc3)C2=O)c(OC)c1. The van der Waals surface area contributed by atoms with Gasteiger partial charge in [-0.1, -0.05) is 23.7 Å². The number of phenols is 1. The maximum Gasteiger partial charge on any atom is 0.283 e. The molecule has 0 aromatic heterocycles. The highest BCUT2D eigenvalue weighted by Crippen LogP contribution is 2.37. The first-order valence-electron chi connectivity index (χ1n) is 10.3. The van der Waals surface area contributed by atoms with Crippen molar-refractivity contribution >= 4 is 46.4 Å².